The molecule has 2 amide bonds. The van der Waals surface area contributed by atoms with Crippen LogP contribution in [0, 0.1) is 0 Å². The second kappa shape index (κ2) is 8.93. The summed E-state index contributed by atoms with van der Waals surface area (Å²) in [6.07, 6.45) is 0.329. The van der Waals surface area contributed by atoms with Gasteiger partial charge in [-0.05, 0) is 30.3 Å². The Kier molecular flexibility index (Phi) is 6.35. The Labute approximate surface area is 171 Å². The van der Waals surface area contributed by atoms with Gasteiger partial charge in [-0.2, -0.15) is 0 Å². The number of hydrogen-bond acceptors (Lipinski definition) is 7. The predicted octanol–water partition coefficient (Wildman–Crippen LogP) is 3.11. The Morgan fingerprint density at radius 3 is 2.48 bits per heavy atom. The molecule has 2 aromatic carbocycles. The number of nitrogens with zero attached hydrogens (tertiary/aromatic N) is 2. The van der Waals surface area contributed by atoms with E-state index >= 15 is 0 Å². The summed E-state index contributed by atoms with van der Waals surface area (Å²) in [7, 11) is -3.55. The van der Waals surface area contributed by atoms with E-state index < -0.39 is 15.7 Å². The van der Waals surface area contributed by atoms with Gasteiger partial charge in [0.05, 0.1) is 4.90 Å². The molecule has 29 heavy (non-hydrogen) atoms. The van der Waals surface area contributed by atoms with Crippen molar-refractivity contribution in [2.45, 2.75) is 24.0 Å². The van der Waals surface area contributed by atoms with E-state index in [2.05, 4.69) is 20.8 Å². The lowest BCUT2D eigenvalue weighted by molar-refractivity contribution is -0.115. The number of anilines is 2. The average Bonchev–Trinajstić information content (AvgIpc) is 3.14. The van der Waals surface area contributed by atoms with Crippen molar-refractivity contribution in [1.29, 1.82) is 0 Å². The molecule has 1 heterocycles. The molecule has 3 aromatic rings. The van der Waals surface area contributed by atoms with Gasteiger partial charge in [0.2, 0.25) is 11.0 Å². The number of amides is 2. The zero-order valence-electron chi connectivity index (χ0n) is 15.5. The second-order valence-corrected chi connectivity index (χ2v) is 9.06. The monoisotopic (exact) mass is 430 g/mol. The fourth-order valence-electron chi connectivity index (χ4n) is 2.39. The van der Waals surface area contributed by atoms with Gasteiger partial charge in [-0.15, -0.1) is 10.2 Å². The van der Waals surface area contributed by atoms with Crippen LogP contribution in [0.4, 0.5) is 10.8 Å². The standard InChI is InChI=1S/C19H18N4O4S2/c1-2-16(24)20-14-8-6-7-13(11-14)18(25)21-19-23-22-17(28-19)12-29(26,27)15-9-4-3-5-10-15/h3-11H,2,12H2,1H3,(H,20,24)(H,21,23,25). The smallest absolute Gasteiger partial charge is 0.257 e. The molecule has 0 fully saturated rings. The largest absolute Gasteiger partial charge is 0.326 e. The molecule has 0 aliphatic heterocycles. The fraction of sp³-hybridized carbons (Fsp3) is 0.158. The maximum Gasteiger partial charge on any atom is 0.257 e. The summed E-state index contributed by atoms with van der Waals surface area (Å²) in [4.78, 5) is 24.1. The van der Waals surface area contributed by atoms with Crippen molar-refractivity contribution in [3.63, 3.8) is 0 Å². The van der Waals surface area contributed by atoms with E-state index in [9.17, 15) is 18.0 Å². The average molecular weight is 431 g/mol. The first kappa shape index (κ1) is 20.6. The lowest BCUT2D eigenvalue weighted by Crippen LogP contribution is -2.13. The van der Waals surface area contributed by atoms with Crippen LogP contribution in [0.25, 0.3) is 0 Å². The van der Waals surface area contributed by atoms with Crippen molar-refractivity contribution < 1.29 is 18.0 Å². The van der Waals surface area contributed by atoms with Crippen LogP contribution in [0.2, 0.25) is 0 Å². The van der Waals surface area contributed by atoms with Gasteiger partial charge in [0.25, 0.3) is 5.91 Å². The van der Waals surface area contributed by atoms with Crippen molar-refractivity contribution in [3.8, 4) is 0 Å². The molecule has 2 N–H and O–H groups in total. The third-order valence-corrected chi connectivity index (χ3v) is 6.50. The molecular formula is C19H18N4O4S2. The molecule has 0 aliphatic carbocycles. The first-order valence-corrected chi connectivity index (χ1v) is 11.2. The summed E-state index contributed by atoms with van der Waals surface area (Å²) in [5.41, 5.74) is 0.837. The molecule has 3 rings (SSSR count). The van der Waals surface area contributed by atoms with Crippen LogP contribution < -0.4 is 10.6 Å². The van der Waals surface area contributed by atoms with E-state index in [1.165, 1.54) is 12.1 Å². The van der Waals surface area contributed by atoms with Gasteiger partial charge in [0, 0.05) is 17.7 Å². The molecule has 0 atom stereocenters. The van der Waals surface area contributed by atoms with Gasteiger partial charge < -0.3 is 5.32 Å². The van der Waals surface area contributed by atoms with Gasteiger partial charge in [-0.25, -0.2) is 8.42 Å². The summed E-state index contributed by atoms with van der Waals surface area (Å²) in [5, 5.41) is 13.4. The van der Waals surface area contributed by atoms with E-state index in [1.54, 1.807) is 49.4 Å². The van der Waals surface area contributed by atoms with Crippen molar-refractivity contribution in [3.05, 3.63) is 65.2 Å². The highest BCUT2D eigenvalue weighted by molar-refractivity contribution is 7.90. The Bertz CT molecular complexity index is 1130. The molecule has 0 unspecified atom stereocenters. The van der Waals surface area contributed by atoms with E-state index in [0.717, 1.165) is 11.3 Å². The van der Waals surface area contributed by atoms with Crippen molar-refractivity contribution in [1.82, 2.24) is 10.2 Å². The van der Waals surface area contributed by atoms with Crippen molar-refractivity contribution in [2.24, 2.45) is 0 Å². The molecule has 0 aliphatic rings. The number of nitrogens with one attached hydrogen (secondary N) is 2. The first-order chi connectivity index (χ1) is 13.9. The van der Waals surface area contributed by atoms with Gasteiger partial charge in [0.15, 0.2) is 9.84 Å². The molecular weight excluding hydrogens is 412 g/mol. The van der Waals surface area contributed by atoms with Gasteiger partial charge in [-0.1, -0.05) is 42.5 Å². The number of sulfone groups is 1. The van der Waals surface area contributed by atoms with Gasteiger partial charge in [0.1, 0.15) is 10.8 Å². The molecule has 0 spiro atoms. The van der Waals surface area contributed by atoms with Crippen LogP contribution in [0.15, 0.2) is 59.5 Å². The topological polar surface area (TPSA) is 118 Å². The maximum absolute atomic E-state index is 12.4. The van der Waals surface area contributed by atoms with Gasteiger partial charge in [-0.3, -0.25) is 14.9 Å². The van der Waals surface area contributed by atoms with Crippen molar-refractivity contribution >= 4 is 43.8 Å². The zero-order chi connectivity index (χ0) is 20.9. The number of aromatic nitrogens is 2. The third kappa shape index (κ3) is 5.46. The Balaban J connectivity index is 1.68. The Hall–Kier alpha value is -3.11. The maximum atomic E-state index is 12.4. The summed E-state index contributed by atoms with van der Waals surface area (Å²) in [6, 6.07) is 14.5. The number of hydrogen-bond donors (Lipinski definition) is 2. The van der Waals surface area contributed by atoms with E-state index in [4.69, 9.17) is 0 Å². The molecule has 10 heteroatoms. The van der Waals surface area contributed by atoms with E-state index in [1.807, 2.05) is 0 Å². The third-order valence-electron chi connectivity index (χ3n) is 3.83. The first-order valence-electron chi connectivity index (χ1n) is 8.69. The van der Waals surface area contributed by atoms with Crippen LogP contribution in [0.5, 0.6) is 0 Å². The summed E-state index contributed by atoms with van der Waals surface area (Å²) >= 11 is 0.993. The van der Waals surface area contributed by atoms with Crippen LogP contribution in [-0.4, -0.2) is 30.4 Å². The highest BCUT2D eigenvalue weighted by Crippen LogP contribution is 2.22. The quantitative estimate of drug-likeness (QED) is 0.595. The number of benzene rings is 2. The minimum absolute atomic E-state index is 0.157. The lowest BCUT2D eigenvalue weighted by Gasteiger charge is -2.06. The SMILES string of the molecule is CCC(=O)Nc1cccc(C(=O)Nc2nnc(CS(=O)(=O)c3ccccc3)s2)c1. The van der Waals surface area contributed by atoms with E-state index in [0.29, 0.717) is 17.7 Å². The number of carbonyl (C=O) groups is 2. The van der Waals surface area contributed by atoms with Gasteiger partial charge >= 0.3 is 0 Å². The number of rotatable bonds is 7. The fourth-order valence-corrected chi connectivity index (χ4v) is 4.75. The predicted molar refractivity (Wildman–Crippen MR) is 111 cm³/mol. The molecule has 0 bridgehead atoms. The van der Waals surface area contributed by atoms with Crippen LogP contribution >= 0.6 is 11.3 Å². The normalized spacial score (nSPS) is 11.1. The van der Waals surface area contributed by atoms with Crippen LogP contribution in [0.1, 0.15) is 28.7 Å². The minimum Gasteiger partial charge on any atom is -0.326 e. The van der Waals surface area contributed by atoms with Crippen LogP contribution in [-0.2, 0) is 20.4 Å². The van der Waals surface area contributed by atoms with Crippen molar-refractivity contribution in [2.75, 3.05) is 10.6 Å². The molecule has 0 saturated carbocycles. The zero-order valence-corrected chi connectivity index (χ0v) is 17.1. The van der Waals surface area contributed by atoms with E-state index in [-0.39, 0.29) is 26.7 Å². The Morgan fingerprint density at radius 2 is 1.76 bits per heavy atom. The molecule has 0 saturated heterocycles. The highest BCUT2D eigenvalue weighted by atomic mass is 32.2. The molecule has 8 nitrogen and oxygen atoms in total. The van der Waals surface area contributed by atoms with Crippen LogP contribution in [0.3, 0.4) is 0 Å². The lowest BCUT2D eigenvalue weighted by atomic mass is 10.2. The molecule has 0 radical (unpaired) electrons. The Morgan fingerprint density at radius 1 is 1.00 bits per heavy atom. The minimum atomic E-state index is -3.55. The summed E-state index contributed by atoms with van der Waals surface area (Å²) < 4.78 is 24.8. The second-order valence-electron chi connectivity index (χ2n) is 6.01. The molecule has 150 valence electrons. The number of carbonyl (C=O) groups excluding carboxylic acids is 2. The molecule has 1 aromatic heterocycles. The summed E-state index contributed by atoms with van der Waals surface area (Å²) in [5.74, 6) is -0.898. The summed E-state index contributed by atoms with van der Waals surface area (Å²) in [6.45, 7) is 1.73. The highest BCUT2D eigenvalue weighted by Gasteiger charge is 2.19.